The smallest absolute Gasteiger partial charge is 0.327 e. The lowest BCUT2D eigenvalue weighted by atomic mass is 10.0. The van der Waals surface area contributed by atoms with Gasteiger partial charge in [-0.25, -0.2) is 0 Å². The predicted octanol–water partition coefficient (Wildman–Crippen LogP) is 2.51. The highest BCUT2D eigenvalue weighted by molar-refractivity contribution is 6.30. The number of rotatable bonds is 3. The van der Waals surface area contributed by atoms with Crippen molar-refractivity contribution in [3.63, 3.8) is 0 Å². The first-order chi connectivity index (χ1) is 7.19. The molecule has 1 atom stereocenters. The fourth-order valence-corrected chi connectivity index (χ4v) is 1.37. The topological polar surface area (TPSA) is 50.1 Å². The zero-order valence-electron chi connectivity index (χ0n) is 8.24. The van der Waals surface area contributed by atoms with E-state index in [1.54, 1.807) is 31.2 Å². The molecule has 1 aromatic rings. The molecule has 0 spiro atoms. The van der Waals surface area contributed by atoms with E-state index in [9.17, 15) is 4.79 Å². The molecule has 0 aliphatic rings. The maximum atomic E-state index is 11.4. The van der Waals surface area contributed by atoms with Gasteiger partial charge in [0.05, 0.1) is 12.7 Å². The highest BCUT2D eigenvalue weighted by Crippen LogP contribution is 2.20. The summed E-state index contributed by atoms with van der Waals surface area (Å²) < 4.78 is 4.78. The third-order valence-electron chi connectivity index (χ3n) is 1.83. The minimum absolute atomic E-state index is 0.261. The summed E-state index contributed by atoms with van der Waals surface area (Å²) in [6, 6.07) is 8.54. The molecular weight excluding hydrogens is 214 g/mol. The van der Waals surface area contributed by atoms with Crippen molar-refractivity contribution in [2.75, 3.05) is 6.61 Å². The van der Waals surface area contributed by atoms with Gasteiger partial charge in [0.1, 0.15) is 0 Å². The molecule has 0 saturated carbocycles. The molecule has 1 unspecified atom stereocenters. The molecule has 1 aromatic carbocycles. The number of esters is 1. The highest BCUT2D eigenvalue weighted by Gasteiger charge is 2.21. The van der Waals surface area contributed by atoms with Crippen LogP contribution in [0.1, 0.15) is 18.4 Å². The molecule has 0 aliphatic heterocycles. The summed E-state index contributed by atoms with van der Waals surface area (Å²) in [6.45, 7) is 1.96. The van der Waals surface area contributed by atoms with Crippen LogP contribution in [0.15, 0.2) is 24.3 Å². The van der Waals surface area contributed by atoms with Crippen LogP contribution in [0.25, 0.3) is 0 Å². The summed E-state index contributed by atoms with van der Waals surface area (Å²) in [5.41, 5.74) is 0.559. The number of benzene rings is 1. The van der Waals surface area contributed by atoms with E-state index in [1.807, 2.05) is 6.07 Å². The van der Waals surface area contributed by atoms with Crippen LogP contribution >= 0.6 is 11.6 Å². The van der Waals surface area contributed by atoms with Gasteiger partial charge in [0.2, 0.25) is 0 Å². The van der Waals surface area contributed by atoms with Gasteiger partial charge in [-0.3, -0.25) is 4.79 Å². The average molecular weight is 224 g/mol. The van der Waals surface area contributed by atoms with Gasteiger partial charge >= 0.3 is 5.97 Å². The van der Waals surface area contributed by atoms with Crippen LogP contribution in [0.5, 0.6) is 0 Å². The molecule has 3 nitrogen and oxygen atoms in total. The number of hydrogen-bond acceptors (Lipinski definition) is 3. The van der Waals surface area contributed by atoms with Crippen molar-refractivity contribution in [2.45, 2.75) is 12.8 Å². The summed E-state index contributed by atoms with van der Waals surface area (Å²) >= 11 is 5.77. The van der Waals surface area contributed by atoms with Gasteiger partial charge in [0.25, 0.3) is 0 Å². The number of carbonyl (C=O) groups is 1. The van der Waals surface area contributed by atoms with E-state index in [0.29, 0.717) is 10.6 Å². The Morgan fingerprint density at radius 3 is 2.93 bits per heavy atom. The number of nitriles is 1. The molecule has 4 heteroatoms. The zero-order valence-corrected chi connectivity index (χ0v) is 8.99. The summed E-state index contributed by atoms with van der Waals surface area (Å²) in [4.78, 5) is 11.4. The first kappa shape index (κ1) is 11.5. The Balaban J connectivity index is 2.93. The lowest BCUT2D eigenvalue weighted by Crippen LogP contribution is -2.14. The number of hydrogen-bond donors (Lipinski definition) is 0. The van der Waals surface area contributed by atoms with E-state index >= 15 is 0 Å². The van der Waals surface area contributed by atoms with Crippen LogP contribution < -0.4 is 0 Å². The third kappa shape index (κ3) is 2.97. The molecule has 0 aliphatic carbocycles. The number of ether oxygens (including phenoxy) is 1. The molecule has 0 aromatic heterocycles. The maximum Gasteiger partial charge on any atom is 0.327 e. The molecule has 1 rings (SSSR count). The first-order valence-electron chi connectivity index (χ1n) is 4.50. The molecule has 78 valence electrons. The van der Waals surface area contributed by atoms with Gasteiger partial charge in [0, 0.05) is 5.02 Å². The minimum atomic E-state index is -0.899. The Labute approximate surface area is 93.2 Å². The van der Waals surface area contributed by atoms with Crippen molar-refractivity contribution in [2.24, 2.45) is 0 Å². The SMILES string of the molecule is CCOC(=O)C(C#N)c1cccc(Cl)c1. The Morgan fingerprint density at radius 2 is 2.40 bits per heavy atom. The molecule has 0 heterocycles. The second-order valence-electron chi connectivity index (χ2n) is 2.87. The summed E-state index contributed by atoms with van der Waals surface area (Å²) in [5, 5.41) is 9.37. The van der Waals surface area contributed by atoms with Crippen molar-refractivity contribution in [1.29, 1.82) is 5.26 Å². The molecule has 0 bridgehead atoms. The van der Waals surface area contributed by atoms with E-state index in [1.165, 1.54) is 0 Å². The Kier molecular flexibility index (Phi) is 4.14. The normalized spacial score (nSPS) is 11.5. The zero-order chi connectivity index (χ0) is 11.3. The standard InChI is InChI=1S/C11H10ClNO2/c1-2-15-11(14)10(7-13)8-4-3-5-9(12)6-8/h3-6,10H,2H2,1H3. The van der Waals surface area contributed by atoms with E-state index in [2.05, 4.69) is 0 Å². The number of nitrogens with zero attached hydrogens (tertiary/aromatic N) is 1. The predicted molar refractivity (Wildman–Crippen MR) is 56.4 cm³/mol. The van der Waals surface area contributed by atoms with Gasteiger partial charge in [-0.2, -0.15) is 5.26 Å². The van der Waals surface area contributed by atoms with Crippen LogP contribution in [0.3, 0.4) is 0 Å². The number of carbonyl (C=O) groups excluding carboxylic acids is 1. The minimum Gasteiger partial charge on any atom is -0.465 e. The molecule has 0 radical (unpaired) electrons. The van der Waals surface area contributed by atoms with Crippen LogP contribution in [0.4, 0.5) is 0 Å². The molecule has 0 N–H and O–H groups in total. The van der Waals surface area contributed by atoms with Gasteiger partial charge in [-0.1, -0.05) is 23.7 Å². The summed E-state index contributed by atoms with van der Waals surface area (Å²) in [6.07, 6.45) is 0. The van der Waals surface area contributed by atoms with Gasteiger partial charge < -0.3 is 4.74 Å². The van der Waals surface area contributed by atoms with Crippen molar-refractivity contribution in [1.82, 2.24) is 0 Å². The Morgan fingerprint density at radius 1 is 1.67 bits per heavy atom. The molecule has 0 fully saturated rings. The van der Waals surface area contributed by atoms with Crippen molar-refractivity contribution < 1.29 is 9.53 Å². The van der Waals surface area contributed by atoms with Crippen molar-refractivity contribution >= 4 is 17.6 Å². The lowest BCUT2D eigenvalue weighted by Gasteiger charge is -2.08. The molecule has 0 saturated heterocycles. The van der Waals surface area contributed by atoms with Crippen LogP contribution in [-0.2, 0) is 9.53 Å². The third-order valence-corrected chi connectivity index (χ3v) is 2.07. The fourth-order valence-electron chi connectivity index (χ4n) is 1.18. The second kappa shape index (κ2) is 5.38. The molecule has 15 heavy (non-hydrogen) atoms. The van der Waals surface area contributed by atoms with Gasteiger partial charge in [0.15, 0.2) is 5.92 Å². The molecule has 0 amide bonds. The van der Waals surface area contributed by atoms with Crippen molar-refractivity contribution in [3.05, 3.63) is 34.9 Å². The molecular formula is C11H10ClNO2. The lowest BCUT2D eigenvalue weighted by molar-refractivity contribution is -0.143. The van der Waals surface area contributed by atoms with E-state index in [-0.39, 0.29) is 6.61 Å². The van der Waals surface area contributed by atoms with Crippen LogP contribution in [0.2, 0.25) is 5.02 Å². The highest BCUT2D eigenvalue weighted by atomic mass is 35.5. The van der Waals surface area contributed by atoms with Gasteiger partial charge in [-0.05, 0) is 24.6 Å². The van der Waals surface area contributed by atoms with Gasteiger partial charge in [-0.15, -0.1) is 0 Å². The summed E-state index contributed by atoms with van der Waals surface area (Å²) in [5.74, 6) is -1.44. The first-order valence-corrected chi connectivity index (χ1v) is 4.88. The van der Waals surface area contributed by atoms with E-state index < -0.39 is 11.9 Å². The fraction of sp³-hybridized carbons (Fsp3) is 0.273. The Bertz CT molecular complexity index is 398. The maximum absolute atomic E-state index is 11.4. The van der Waals surface area contributed by atoms with E-state index in [0.717, 1.165) is 0 Å². The second-order valence-corrected chi connectivity index (χ2v) is 3.31. The van der Waals surface area contributed by atoms with Crippen molar-refractivity contribution in [3.8, 4) is 6.07 Å². The Hall–Kier alpha value is -1.53. The average Bonchev–Trinajstić information content (AvgIpc) is 2.19. The van der Waals surface area contributed by atoms with E-state index in [4.69, 9.17) is 21.6 Å². The summed E-state index contributed by atoms with van der Waals surface area (Å²) in [7, 11) is 0. The quantitative estimate of drug-likeness (QED) is 0.740. The largest absolute Gasteiger partial charge is 0.465 e. The number of halogens is 1. The van der Waals surface area contributed by atoms with Crippen LogP contribution in [-0.4, -0.2) is 12.6 Å². The van der Waals surface area contributed by atoms with Crippen LogP contribution in [0, 0.1) is 11.3 Å². The monoisotopic (exact) mass is 223 g/mol.